The van der Waals surface area contributed by atoms with Crippen molar-refractivity contribution in [1.82, 2.24) is 0 Å². The Labute approximate surface area is 86.5 Å². The van der Waals surface area contributed by atoms with E-state index in [1.165, 1.54) is 0 Å². The van der Waals surface area contributed by atoms with Crippen LogP contribution in [0.1, 0.15) is 15.9 Å². The Morgan fingerprint density at radius 1 is 1.27 bits per heavy atom. The van der Waals surface area contributed by atoms with Gasteiger partial charge in [0.1, 0.15) is 6.61 Å². The van der Waals surface area contributed by atoms with E-state index in [1.54, 1.807) is 24.3 Å². The van der Waals surface area contributed by atoms with Crippen molar-refractivity contribution in [3.63, 3.8) is 0 Å². The number of benzene rings is 1. The average Bonchev–Trinajstić information content (AvgIpc) is 2.18. The lowest BCUT2D eigenvalue weighted by Gasteiger charge is -2.02. The van der Waals surface area contributed by atoms with E-state index < -0.39 is 11.9 Å². The molecule has 5 heteroatoms. The van der Waals surface area contributed by atoms with Crippen LogP contribution in [0.2, 0.25) is 0 Å². The number of primary amides is 1. The Morgan fingerprint density at radius 3 is 2.33 bits per heavy atom. The smallest absolute Gasteiger partial charge is 0.329 e. The molecule has 0 bridgehead atoms. The first kappa shape index (κ1) is 11.2. The zero-order valence-electron chi connectivity index (χ0n) is 7.97. The van der Waals surface area contributed by atoms with Gasteiger partial charge in [0.15, 0.2) is 0 Å². The molecule has 1 rings (SSSR count). The van der Waals surface area contributed by atoms with Crippen LogP contribution in [0.25, 0.3) is 0 Å². The zero-order chi connectivity index (χ0) is 11.3. The van der Waals surface area contributed by atoms with Crippen LogP contribution in [0.15, 0.2) is 24.3 Å². The second kappa shape index (κ2) is 5.11. The maximum absolute atomic E-state index is 10.7. The molecule has 0 spiro atoms. The van der Waals surface area contributed by atoms with Gasteiger partial charge in [-0.2, -0.15) is 0 Å². The summed E-state index contributed by atoms with van der Waals surface area (Å²) in [5, 5.41) is 8.32. The minimum atomic E-state index is -1.01. The van der Waals surface area contributed by atoms with Crippen LogP contribution >= 0.6 is 0 Å². The van der Waals surface area contributed by atoms with Gasteiger partial charge in [-0.05, 0) is 17.7 Å². The number of hydrogen-bond acceptors (Lipinski definition) is 3. The van der Waals surface area contributed by atoms with E-state index >= 15 is 0 Å². The normalized spacial score (nSPS) is 9.87. The summed E-state index contributed by atoms with van der Waals surface area (Å²) >= 11 is 0. The number of carboxylic acid groups (broad SMARTS) is 1. The summed E-state index contributed by atoms with van der Waals surface area (Å²) in [6.45, 7) is -0.136. The molecule has 0 saturated carbocycles. The maximum atomic E-state index is 10.7. The van der Waals surface area contributed by atoms with Gasteiger partial charge >= 0.3 is 5.97 Å². The fourth-order valence-corrected chi connectivity index (χ4v) is 1.02. The molecule has 0 aliphatic heterocycles. The van der Waals surface area contributed by atoms with Crippen molar-refractivity contribution in [2.24, 2.45) is 5.73 Å². The van der Waals surface area contributed by atoms with Gasteiger partial charge in [0.25, 0.3) is 0 Å². The second-order valence-electron chi connectivity index (χ2n) is 2.95. The highest BCUT2D eigenvalue weighted by Gasteiger charge is 2.01. The van der Waals surface area contributed by atoms with Crippen LogP contribution < -0.4 is 5.73 Å². The average molecular weight is 209 g/mol. The molecule has 0 saturated heterocycles. The van der Waals surface area contributed by atoms with Crippen molar-refractivity contribution < 1.29 is 19.4 Å². The Morgan fingerprint density at radius 2 is 1.87 bits per heavy atom. The first-order valence-corrected chi connectivity index (χ1v) is 4.28. The van der Waals surface area contributed by atoms with Gasteiger partial charge < -0.3 is 15.6 Å². The van der Waals surface area contributed by atoms with Crippen LogP contribution in [-0.2, 0) is 16.1 Å². The fraction of sp³-hybridized carbons (Fsp3) is 0.200. The third-order valence-corrected chi connectivity index (χ3v) is 1.73. The van der Waals surface area contributed by atoms with Crippen molar-refractivity contribution in [2.75, 3.05) is 6.61 Å². The van der Waals surface area contributed by atoms with Crippen LogP contribution in [0.5, 0.6) is 0 Å². The van der Waals surface area contributed by atoms with E-state index in [0.717, 1.165) is 5.56 Å². The molecule has 0 atom stereocenters. The number of hydrogen-bond donors (Lipinski definition) is 2. The SMILES string of the molecule is NC(=O)c1ccc(COCC(=O)O)cc1. The molecular weight excluding hydrogens is 198 g/mol. The predicted molar refractivity (Wildman–Crippen MR) is 52.3 cm³/mol. The number of carboxylic acids is 1. The molecular formula is C10H11NO4. The Kier molecular flexibility index (Phi) is 3.82. The van der Waals surface area contributed by atoms with Crippen molar-refractivity contribution in [3.05, 3.63) is 35.4 Å². The highest BCUT2D eigenvalue weighted by Crippen LogP contribution is 2.04. The van der Waals surface area contributed by atoms with Gasteiger partial charge in [-0.3, -0.25) is 4.79 Å². The van der Waals surface area contributed by atoms with Gasteiger partial charge in [-0.15, -0.1) is 0 Å². The molecule has 5 nitrogen and oxygen atoms in total. The van der Waals surface area contributed by atoms with Crippen LogP contribution in [0.3, 0.4) is 0 Å². The van der Waals surface area contributed by atoms with Gasteiger partial charge in [0.2, 0.25) is 5.91 Å². The van der Waals surface area contributed by atoms with E-state index in [2.05, 4.69) is 0 Å². The maximum Gasteiger partial charge on any atom is 0.329 e. The molecule has 0 unspecified atom stereocenters. The minimum absolute atomic E-state index is 0.200. The second-order valence-corrected chi connectivity index (χ2v) is 2.95. The number of rotatable bonds is 5. The Balaban J connectivity index is 2.50. The standard InChI is InChI=1S/C10H11NO4/c11-10(14)8-3-1-7(2-4-8)5-15-6-9(12)13/h1-4H,5-6H2,(H2,11,14)(H,12,13). The number of carbonyl (C=O) groups is 2. The molecule has 1 aromatic rings. The summed E-state index contributed by atoms with van der Waals surface area (Å²) in [7, 11) is 0. The first-order chi connectivity index (χ1) is 7.09. The summed E-state index contributed by atoms with van der Waals surface area (Å²) < 4.78 is 4.87. The summed E-state index contributed by atoms with van der Waals surface area (Å²) in [5.74, 6) is -1.50. The Hall–Kier alpha value is -1.88. The van der Waals surface area contributed by atoms with Gasteiger partial charge in [-0.25, -0.2) is 4.79 Å². The third-order valence-electron chi connectivity index (χ3n) is 1.73. The molecule has 0 heterocycles. The lowest BCUT2D eigenvalue weighted by atomic mass is 10.1. The molecule has 1 amide bonds. The van der Waals surface area contributed by atoms with Crippen LogP contribution in [0, 0.1) is 0 Å². The molecule has 0 radical (unpaired) electrons. The third kappa shape index (κ3) is 3.78. The first-order valence-electron chi connectivity index (χ1n) is 4.28. The highest BCUT2D eigenvalue weighted by molar-refractivity contribution is 5.92. The molecule has 0 fully saturated rings. The summed E-state index contributed by atoms with van der Waals surface area (Å²) in [4.78, 5) is 20.9. The van der Waals surface area contributed by atoms with Crippen molar-refractivity contribution in [2.45, 2.75) is 6.61 Å². The lowest BCUT2D eigenvalue weighted by Crippen LogP contribution is -2.11. The van der Waals surface area contributed by atoms with Crippen molar-refractivity contribution >= 4 is 11.9 Å². The Bertz CT molecular complexity index is 358. The van der Waals surface area contributed by atoms with Gasteiger partial charge in [0.05, 0.1) is 6.61 Å². The molecule has 0 aliphatic carbocycles. The van der Waals surface area contributed by atoms with E-state index in [4.69, 9.17) is 15.6 Å². The molecule has 3 N–H and O–H groups in total. The topological polar surface area (TPSA) is 89.6 Å². The molecule has 0 aromatic heterocycles. The molecule has 15 heavy (non-hydrogen) atoms. The van der Waals surface area contributed by atoms with Crippen molar-refractivity contribution in [1.29, 1.82) is 0 Å². The summed E-state index contributed by atoms with van der Waals surface area (Å²) in [5.41, 5.74) is 6.26. The highest BCUT2D eigenvalue weighted by atomic mass is 16.5. The monoisotopic (exact) mass is 209 g/mol. The van der Waals surface area contributed by atoms with E-state index in [0.29, 0.717) is 5.56 Å². The lowest BCUT2D eigenvalue weighted by molar-refractivity contribution is -0.142. The largest absolute Gasteiger partial charge is 0.480 e. The molecule has 1 aromatic carbocycles. The summed E-state index contributed by atoms with van der Waals surface area (Å²) in [6.07, 6.45) is 0. The molecule has 0 aliphatic rings. The van der Waals surface area contributed by atoms with Crippen LogP contribution in [0.4, 0.5) is 0 Å². The fourth-order valence-electron chi connectivity index (χ4n) is 1.02. The van der Waals surface area contributed by atoms with Gasteiger partial charge in [0, 0.05) is 5.56 Å². The number of amides is 1. The van der Waals surface area contributed by atoms with E-state index in [-0.39, 0.29) is 13.2 Å². The quantitative estimate of drug-likeness (QED) is 0.733. The van der Waals surface area contributed by atoms with E-state index in [1.807, 2.05) is 0 Å². The van der Waals surface area contributed by atoms with Gasteiger partial charge in [-0.1, -0.05) is 12.1 Å². The number of carbonyl (C=O) groups excluding carboxylic acids is 1. The van der Waals surface area contributed by atoms with E-state index in [9.17, 15) is 9.59 Å². The number of ether oxygens (including phenoxy) is 1. The summed E-state index contributed by atoms with van der Waals surface area (Å²) in [6, 6.07) is 6.48. The molecule has 80 valence electrons. The van der Waals surface area contributed by atoms with Crippen molar-refractivity contribution in [3.8, 4) is 0 Å². The minimum Gasteiger partial charge on any atom is -0.480 e. The zero-order valence-corrected chi connectivity index (χ0v) is 7.97. The predicted octanol–water partition coefficient (Wildman–Crippen LogP) is 0.387. The number of nitrogens with two attached hydrogens (primary N) is 1. The van der Waals surface area contributed by atoms with Crippen LogP contribution in [-0.4, -0.2) is 23.6 Å². The number of aliphatic carboxylic acids is 1.